The Morgan fingerprint density at radius 3 is 2.82 bits per heavy atom. The van der Waals surface area contributed by atoms with E-state index in [4.69, 9.17) is 4.74 Å². The number of hydrogen-bond donors (Lipinski definition) is 1. The molecule has 2 unspecified atom stereocenters. The Labute approximate surface area is 163 Å². The van der Waals surface area contributed by atoms with Crippen molar-refractivity contribution in [3.05, 3.63) is 36.0 Å². The Balaban J connectivity index is 1.61. The van der Waals surface area contributed by atoms with Crippen LogP contribution in [0.4, 0.5) is 0 Å². The van der Waals surface area contributed by atoms with Crippen LogP contribution in [0.1, 0.15) is 17.3 Å². The standard InChI is InChI=1S/C20H24N4O4/c1-13-18(25)23-9-8-22(10-11-28-2)20(27)17(23)12-24(13)19(26)15-4-3-5-16-14(15)6-7-21-16/h3-7,13,17,21H,8-12H2,1-2H3. The Morgan fingerprint density at radius 1 is 1.21 bits per heavy atom. The lowest BCUT2D eigenvalue weighted by molar-refractivity contribution is -0.160. The first-order chi connectivity index (χ1) is 13.5. The van der Waals surface area contributed by atoms with Crippen molar-refractivity contribution in [1.29, 1.82) is 0 Å². The number of aromatic nitrogens is 1. The van der Waals surface area contributed by atoms with Crippen LogP contribution in [-0.2, 0) is 14.3 Å². The van der Waals surface area contributed by atoms with Crippen molar-refractivity contribution in [2.45, 2.75) is 19.0 Å². The van der Waals surface area contributed by atoms with E-state index in [0.29, 0.717) is 31.8 Å². The molecule has 0 radical (unpaired) electrons. The second-order valence-electron chi connectivity index (χ2n) is 7.24. The van der Waals surface area contributed by atoms with Gasteiger partial charge in [-0.05, 0) is 25.1 Å². The highest BCUT2D eigenvalue weighted by Crippen LogP contribution is 2.26. The van der Waals surface area contributed by atoms with E-state index >= 15 is 0 Å². The van der Waals surface area contributed by atoms with Gasteiger partial charge in [0.2, 0.25) is 11.8 Å². The van der Waals surface area contributed by atoms with Gasteiger partial charge in [0.15, 0.2) is 0 Å². The molecule has 3 amide bonds. The van der Waals surface area contributed by atoms with Gasteiger partial charge in [0.1, 0.15) is 12.1 Å². The summed E-state index contributed by atoms with van der Waals surface area (Å²) in [4.78, 5) is 47.1. The van der Waals surface area contributed by atoms with E-state index in [9.17, 15) is 14.4 Å². The zero-order chi connectivity index (χ0) is 19.8. The maximum Gasteiger partial charge on any atom is 0.255 e. The minimum atomic E-state index is -0.635. The molecule has 0 bridgehead atoms. The van der Waals surface area contributed by atoms with Crippen LogP contribution < -0.4 is 0 Å². The fourth-order valence-corrected chi connectivity index (χ4v) is 4.11. The van der Waals surface area contributed by atoms with Crippen molar-refractivity contribution in [2.24, 2.45) is 0 Å². The minimum absolute atomic E-state index is 0.124. The molecule has 3 heterocycles. The number of hydrogen-bond acceptors (Lipinski definition) is 4. The molecule has 8 heteroatoms. The summed E-state index contributed by atoms with van der Waals surface area (Å²) >= 11 is 0. The van der Waals surface area contributed by atoms with E-state index in [0.717, 1.165) is 10.9 Å². The molecule has 0 spiro atoms. The average molecular weight is 384 g/mol. The summed E-state index contributed by atoms with van der Waals surface area (Å²) in [5.74, 6) is -0.528. The summed E-state index contributed by atoms with van der Waals surface area (Å²) in [6, 6.07) is 6.09. The van der Waals surface area contributed by atoms with Gasteiger partial charge in [0, 0.05) is 49.4 Å². The number of ether oxygens (including phenoxy) is 1. The molecule has 2 aliphatic rings. The van der Waals surface area contributed by atoms with E-state index < -0.39 is 12.1 Å². The first-order valence-corrected chi connectivity index (χ1v) is 9.48. The molecule has 2 aromatic rings. The monoisotopic (exact) mass is 384 g/mol. The van der Waals surface area contributed by atoms with Gasteiger partial charge < -0.3 is 24.4 Å². The summed E-state index contributed by atoms with van der Waals surface area (Å²) in [5, 5.41) is 0.811. The SMILES string of the molecule is COCCN1CCN2C(=O)C(C)N(C(=O)c3cccc4[nH]ccc34)CC2C1=O. The second-order valence-corrected chi connectivity index (χ2v) is 7.24. The normalized spacial score (nSPS) is 22.7. The molecule has 2 aliphatic heterocycles. The van der Waals surface area contributed by atoms with E-state index in [1.807, 2.05) is 18.2 Å². The fraction of sp³-hybridized carbons (Fsp3) is 0.450. The van der Waals surface area contributed by atoms with Crippen LogP contribution in [0.15, 0.2) is 30.5 Å². The van der Waals surface area contributed by atoms with Gasteiger partial charge in [-0.1, -0.05) is 6.07 Å². The summed E-state index contributed by atoms with van der Waals surface area (Å²) < 4.78 is 5.08. The third-order valence-corrected chi connectivity index (χ3v) is 5.71. The van der Waals surface area contributed by atoms with Gasteiger partial charge in [-0.2, -0.15) is 0 Å². The lowest BCUT2D eigenvalue weighted by atomic mass is 10.0. The lowest BCUT2D eigenvalue weighted by Crippen LogP contribution is -2.70. The smallest absolute Gasteiger partial charge is 0.255 e. The molecule has 8 nitrogen and oxygen atoms in total. The average Bonchev–Trinajstić information content (AvgIpc) is 3.18. The topological polar surface area (TPSA) is 85.9 Å². The number of aromatic amines is 1. The molecule has 28 heavy (non-hydrogen) atoms. The number of H-pyrrole nitrogens is 1. The zero-order valence-corrected chi connectivity index (χ0v) is 16.1. The van der Waals surface area contributed by atoms with Gasteiger partial charge in [-0.25, -0.2) is 0 Å². The molecule has 2 fully saturated rings. The Hall–Kier alpha value is -2.87. The van der Waals surface area contributed by atoms with Crippen LogP contribution >= 0.6 is 0 Å². The number of nitrogens with one attached hydrogen (secondary N) is 1. The largest absolute Gasteiger partial charge is 0.383 e. The number of carbonyl (C=O) groups is 3. The van der Waals surface area contributed by atoms with Crippen LogP contribution in [-0.4, -0.2) is 89.4 Å². The second kappa shape index (κ2) is 7.27. The van der Waals surface area contributed by atoms with Crippen molar-refractivity contribution in [3.63, 3.8) is 0 Å². The molecule has 148 valence electrons. The lowest BCUT2D eigenvalue weighted by Gasteiger charge is -2.48. The molecule has 1 aromatic carbocycles. The van der Waals surface area contributed by atoms with Crippen molar-refractivity contribution < 1.29 is 19.1 Å². The summed E-state index contributed by atoms with van der Waals surface area (Å²) in [7, 11) is 1.59. The molecule has 2 saturated heterocycles. The molecular weight excluding hydrogens is 360 g/mol. The minimum Gasteiger partial charge on any atom is -0.383 e. The van der Waals surface area contributed by atoms with Gasteiger partial charge in [-0.15, -0.1) is 0 Å². The third kappa shape index (κ3) is 2.93. The maximum absolute atomic E-state index is 13.3. The summed E-state index contributed by atoms with van der Waals surface area (Å²) in [5.41, 5.74) is 1.40. The number of fused-ring (bicyclic) bond motifs is 2. The van der Waals surface area contributed by atoms with Gasteiger partial charge in [0.25, 0.3) is 5.91 Å². The Bertz CT molecular complexity index is 924. The number of rotatable bonds is 4. The Kier molecular flexibility index (Phi) is 4.80. The Morgan fingerprint density at radius 2 is 2.04 bits per heavy atom. The van der Waals surface area contributed by atoms with E-state index in [2.05, 4.69) is 4.98 Å². The highest BCUT2D eigenvalue weighted by atomic mass is 16.5. The molecule has 1 aromatic heterocycles. The number of piperazine rings is 2. The van der Waals surface area contributed by atoms with E-state index in [1.54, 1.807) is 36.1 Å². The fourth-order valence-electron chi connectivity index (χ4n) is 4.11. The van der Waals surface area contributed by atoms with Gasteiger partial charge in [0.05, 0.1) is 13.2 Å². The quantitative estimate of drug-likeness (QED) is 0.841. The highest BCUT2D eigenvalue weighted by Gasteiger charge is 2.46. The summed E-state index contributed by atoms with van der Waals surface area (Å²) in [6.45, 7) is 3.85. The number of carbonyl (C=O) groups excluding carboxylic acids is 3. The number of nitrogens with zero attached hydrogens (tertiary/aromatic N) is 3. The number of benzene rings is 1. The van der Waals surface area contributed by atoms with E-state index in [1.165, 1.54) is 4.90 Å². The molecule has 2 atom stereocenters. The molecule has 4 rings (SSSR count). The van der Waals surface area contributed by atoms with Crippen molar-refractivity contribution >= 4 is 28.6 Å². The molecule has 1 N–H and O–H groups in total. The van der Waals surface area contributed by atoms with Crippen LogP contribution in [0.5, 0.6) is 0 Å². The predicted octanol–water partition coefficient (Wildman–Crippen LogP) is 0.698. The van der Waals surface area contributed by atoms with Gasteiger partial charge in [-0.3, -0.25) is 14.4 Å². The maximum atomic E-state index is 13.3. The summed E-state index contributed by atoms with van der Waals surface area (Å²) in [6.07, 6.45) is 1.78. The van der Waals surface area contributed by atoms with Gasteiger partial charge >= 0.3 is 0 Å². The third-order valence-electron chi connectivity index (χ3n) is 5.71. The number of methoxy groups -OCH3 is 1. The van der Waals surface area contributed by atoms with Crippen LogP contribution in [0.25, 0.3) is 10.9 Å². The molecule has 0 aliphatic carbocycles. The van der Waals surface area contributed by atoms with Crippen LogP contribution in [0, 0.1) is 0 Å². The first kappa shape index (κ1) is 18.5. The van der Waals surface area contributed by atoms with Crippen LogP contribution in [0.3, 0.4) is 0 Å². The van der Waals surface area contributed by atoms with E-state index in [-0.39, 0.29) is 24.3 Å². The van der Waals surface area contributed by atoms with Crippen molar-refractivity contribution in [2.75, 3.05) is 39.9 Å². The predicted molar refractivity (Wildman–Crippen MR) is 103 cm³/mol. The number of amides is 3. The highest BCUT2D eigenvalue weighted by molar-refractivity contribution is 6.08. The van der Waals surface area contributed by atoms with Crippen molar-refractivity contribution in [1.82, 2.24) is 19.7 Å². The van der Waals surface area contributed by atoms with Crippen molar-refractivity contribution in [3.8, 4) is 0 Å². The first-order valence-electron chi connectivity index (χ1n) is 9.48. The molecular formula is C20H24N4O4. The van der Waals surface area contributed by atoms with Crippen LogP contribution in [0.2, 0.25) is 0 Å². The zero-order valence-electron chi connectivity index (χ0n) is 16.1. The molecule has 0 saturated carbocycles.